The summed E-state index contributed by atoms with van der Waals surface area (Å²) in [5.41, 5.74) is 3.59. The van der Waals surface area contributed by atoms with Crippen LogP contribution in [0.25, 0.3) is 21.3 Å². The molecule has 3 aromatic rings. The van der Waals surface area contributed by atoms with Gasteiger partial charge in [-0.25, -0.2) is 0 Å². The first-order valence-corrected chi connectivity index (χ1v) is 12.1. The van der Waals surface area contributed by atoms with Gasteiger partial charge in [0.2, 0.25) is 0 Å². The normalized spacial score (nSPS) is 19.8. The molecule has 5 heterocycles. The molecule has 0 unspecified atom stereocenters. The van der Waals surface area contributed by atoms with E-state index in [0.29, 0.717) is 18.2 Å². The Kier molecular flexibility index (Phi) is 6.07. The summed E-state index contributed by atoms with van der Waals surface area (Å²) in [5, 5.41) is 2.07. The van der Waals surface area contributed by atoms with Crippen LogP contribution in [0.5, 0.6) is 0 Å². The molecule has 0 saturated carbocycles. The third-order valence-corrected chi connectivity index (χ3v) is 7.68. The molecule has 0 atom stereocenters. The molecule has 162 valence electrons. The molecule has 0 N–H and O–H groups in total. The second-order valence-corrected chi connectivity index (χ2v) is 9.83. The third kappa shape index (κ3) is 4.68. The number of fused-ring (bicyclic) bond motifs is 1. The molecule has 0 aromatic carbocycles. The summed E-state index contributed by atoms with van der Waals surface area (Å²) < 4.78 is 0. The molecule has 2 aliphatic rings. The van der Waals surface area contributed by atoms with Crippen molar-refractivity contribution in [2.45, 2.75) is 38.1 Å². The Bertz CT molecular complexity index is 1040. The zero-order valence-electron chi connectivity index (χ0n) is 18.0. The first-order valence-electron chi connectivity index (χ1n) is 11.2. The van der Waals surface area contributed by atoms with Crippen molar-refractivity contribution in [1.29, 1.82) is 0 Å². The molecule has 2 aliphatic heterocycles. The van der Waals surface area contributed by atoms with E-state index in [0.717, 1.165) is 53.0 Å². The van der Waals surface area contributed by atoms with Crippen LogP contribution in [0, 0.1) is 5.92 Å². The highest BCUT2D eigenvalue weighted by atomic mass is 32.1. The first kappa shape index (κ1) is 20.7. The van der Waals surface area contributed by atoms with Crippen LogP contribution >= 0.6 is 11.3 Å². The summed E-state index contributed by atoms with van der Waals surface area (Å²) in [5.74, 6) is 0.511. The third-order valence-electron chi connectivity index (χ3n) is 6.89. The second kappa shape index (κ2) is 9.10. The minimum absolute atomic E-state index is 0.171. The standard InChI is InChI=1S/C24H29N5OS/c1-28-6-4-21(5-7-28)29-8-2-17(3-9-29)23(30)12-20-10-18-11-22(24-15-25-16-31-24)27-14-19(18)13-26-20/h10-11,13-17,21H,2-9,12H2,1H3. The monoisotopic (exact) mass is 435 g/mol. The van der Waals surface area contributed by atoms with Crippen molar-refractivity contribution in [2.24, 2.45) is 5.92 Å². The summed E-state index contributed by atoms with van der Waals surface area (Å²) >= 11 is 1.58. The molecule has 0 spiro atoms. The molecule has 7 heteroatoms. The van der Waals surface area contributed by atoms with Crippen molar-refractivity contribution in [3.63, 3.8) is 0 Å². The van der Waals surface area contributed by atoms with Gasteiger partial charge in [-0.1, -0.05) is 0 Å². The van der Waals surface area contributed by atoms with Gasteiger partial charge in [0.25, 0.3) is 0 Å². The summed E-state index contributed by atoms with van der Waals surface area (Å²) in [4.78, 5) is 32.3. The number of carbonyl (C=O) groups is 1. The van der Waals surface area contributed by atoms with Crippen molar-refractivity contribution in [3.05, 3.63) is 41.9 Å². The van der Waals surface area contributed by atoms with Gasteiger partial charge in [0.15, 0.2) is 0 Å². The average Bonchev–Trinajstić information content (AvgIpc) is 3.34. The number of pyridine rings is 2. The maximum atomic E-state index is 13.0. The average molecular weight is 436 g/mol. The van der Waals surface area contributed by atoms with Crippen LogP contribution in [0.3, 0.4) is 0 Å². The lowest BCUT2D eigenvalue weighted by atomic mass is 9.88. The Labute approximate surface area is 187 Å². The lowest BCUT2D eigenvalue weighted by Gasteiger charge is -2.40. The molecule has 0 radical (unpaired) electrons. The predicted molar refractivity (Wildman–Crippen MR) is 124 cm³/mol. The van der Waals surface area contributed by atoms with E-state index in [9.17, 15) is 4.79 Å². The molecular formula is C24H29N5OS. The largest absolute Gasteiger partial charge is 0.306 e. The Morgan fingerprint density at radius 1 is 1.00 bits per heavy atom. The molecule has 3 aromatic heterocycles. The molecule has 0 aliphatic carbocycles. The fourth-order valence-electron chi connectivity index (χ4n) is 4.93. The number of piperidine rings is 2. The Hall–Kier alpha value is -2.22. The Balaban J connectivity index is 1.21. The fraction of sp³-hybridized carbons (Fsp3) is 0.500. The molecule has 5 rings (SSSR count). The zero-order chi connectivity index (χ0) is 21.2. The summed E-state index contributed by atoms with van der Waals surface area (Å²) in [6.45, 7) is 4.49. The number of thiazole rings is 1. The summed E-state index contributed by atoms with van der Waals surface area (Å²) in [6.07, 6.45) is 10.4. The number of hydrogen-bond acceptors (Lipinski definition) is 7. The van der Waals surface area contributed by atoms with E-state index in [1.165, 1.54) is 25.9 Å². The van der Waals surface area contributed by atoms with E-state index in [2.05, 4.69) is 37.9 Å². The van der Waals surface area contributed by atoms with Gasteiger partial charge in [0.1, 0.15) is 5.78 Å². The van der Waals surface area contributed by atoms with Crippen LogP contribution in [0.2, 0.25) is 0 Å². The molecule has 2 saturated heterocycles. The van der Waals surface area contributed by atoms with Gasteiger partial charge in [-0.3, -0.25) is 19.7 Å². The van der Waals surface area contributed by atoms with Crippen LogP contribution in [0.4, 0.5) is 0 Å². The molecule has 0 bridgehead atoms. The SMILES string of the molecule is CN1CCC(N2CCC(C(=O)Cc3cc4cc(-c5cncs5)ncc4cn3)CC2)CC1. The van der Waals surface area contributed by atoms with Gasteiger partial charge in [0, 0.05) is 48.1 Å². The van der Waals surface area contributed by atoms with Gasteiger partial charge < -0.3 is 9.80 Å². The number of rotatable bonds is 5. The quantitative estimate of drug-likeness (QED) is 0.609. The molecule has 0 amide bonds. The van der Waals surface area contributed by atoms with E-state index in [1.54, 1.807) is 11.3 Å². The lowest BCUT2D eigenvalue weighted by Crippen LogP contribution is -2.47. The van der Waals surface area contributed by atoms with Gasteiger partial charge in [-0.15, -0.1) is 11.3 Å². The van der Waals surface area contributed by atoms with E-state index in [1.807, 2.05) is 30.2 Å². The van der Waals surface area contributed by atoms with Gasteiger partial charge in [0.05, 0.1) is 16.1 Å². The van der Waals surface area contributed by atoms with Crippen molar-refractivity contribution >= 4 is 27.9 Å². The van der Waals surface area contributed by atoms with E-state index in [-0.39, 0.29) is 5.92 Å². The van der Waals surface area contributed by atoms with Gasteiger partial charge >= 0.3 is 0 Å². The van der Waals surface area contributed by atoms with E-state index in [4.69, 9.17) is 0 Å². The predicted octanol–water partition coefficient (Wildman–Crippen LogP) is 3.67. The molecule has 2 fully saturated rings. The summed E-state index contributed by atoms with van der Waals surface area (Å²) in [7, 11) is 2.21. The molecular weight excluding hydrogens is 406 g/mol. The van der Waals surface area contributed by atoms with Crippen molar-refractivity contribution in [1.82, 2.24) is 24.8 Å². The highest BCUT2D eigenvalue weighted by Crippen LogP contribution is 2.27. The number of hydrogen-bond donors (Lipinski definition) is 0. The minimum atomic E-state index is 0.171. The smallest absolute Gasteiger partial charge is 0.142 e. The maximum absolute atomic E-state index is 13.0. The van der Waals surface area contributed by atoms with Crippen LogP contribution in [-0.4, -0.2) is 69.8 Å². The van der Waals surface area contributed by atoms with Crippen LogP contribution in [0.15, 0.2) is 36.2 Å². The number of carbonyl (C=O) groups excluding carboxylic acids is 1. The number of ketones is 1. The van der Waals surface area contributed by atoms with Gasteiger partial charge in [-0.05, 0) is 76.4 Å². The topological polar surface area (TPSA) is 62.2 Å². The first-order chi connectivity index (χ1) is 15.2. The molecule has 6 nitrogen and oxygen atoms in total. The number of likely N-dealkylation sites (tertiary alicyclic amines) is 2. The number of aromatic nitrogens is 3. The van der Waals surface area contributed by atoms with Crippen LogP contribution < -0.4 is 0 Å². The number of nitrogens with zero attached hydrogens (tertiary/aromatic N) is 5. The van der Waals surface area contributed by atoms with E-state index < -0.39 is 0 Å². The van der Waals surface area contributed by atoms with Crippen molar-refractivity contribution < 1.29 is 4.79 Å². The molecule has 31 heavy (non-hydrogen) atoms. The van der Waals surface area contributed by atoms with Crippen LogP contribution in [0.1, 0.15) is 31.4 Å². The lowest BCUT2D eigenvalue weighted by molar-refractivity contribution is -0.124. The highest BCUT2D eigenvalue weighted by molar-refractivity contribution is 7.13. The highest BCUT2D eigenvalue weighted by Gasteiger charge is 2.30. The Morgan fingerprint density at radius 3 is 2.52 bits per heavy atom. The second-order valence-electron chi connectivity index (χ2n) is 8.95. The fourth-order valence-corrected chi connectivity index (χ4v) is 5.52. The summed E-state index contributed by atoms with van der Waals surface area (Å²) in [6, 6.07) is 4.82. The zero-order valence-corrected chi connectivity index (χ0v) is 18.9. The minimum Gasteiger partial charge on any atom is -0.306 e. The van der Waals surface area contributed by atoms with E-state index >= 15 is 0 Å². The van der Waals surface area contributed by atoms with Gasteiger partial charge in [-0.2, -0.15) is 0 Å². The van der Waals surface area contributed by atoms with Crippen LogP contribution in [-0.2, 0) is 11.2 Å². The van der Waals surface area contributed by atoms with Crippen molar-refractivity contribution in [3.8, 4) is 10.6 Å². The Morgan fingerprint density at radius 2 is 1.77 bits per heavy atom. The van der Waals surface area contributed by atoms with Crippen molar-refractivity contribution in [2.75, 3.05) is 33.2 Å². The number of Topliss-reactive ketones (excluding diaryl/α,β-unsaturated/α-hetero) is 1. The maximum Gasteiger partial charge on any atom is 0.142 e.